The molecular weight excluding hydrogens is 785 g/mol. The number of carbonyl (C=O) groups is 2. The van der Waals surface area contributed by atoms with Crippen molar-refractivity contribution in [1.29, 1.82) is 0 Å². The maximum atomic E-state index is 13.9. The summed E-state index contributed by atoms with van der Waals surface area (Å²) >= 11 is 0. The van der Waals surface area contributed by atoms with Crippen LogP contribution in [-0.2, 0) is 11.4 Å². The van der Waals surface area contributed by atoms with E-state index in [0.29, 0.717) is 72.7 Å². The van der Waals surface area contributed by atoms with Gasteiger partial charge in [-0.1, -0.05) is 84.9 Å². The molecule has 304 valence electrons. The van der Waals surface area contributed by atoms with Crippen molar-refractivity contribution in [2.24, 2.45) is 20.5 Å². The van der Waals surface area contributed by atoms with Crippen LogP contribution in [0.3, 0.4) is 0 Å². The minimum Gasteiger partial charge on any atom is -0.505 e. The normalized spacial score (nSPS) is 11.9. The lowest BCUT2D eigenvalue weighted by Crippen LogP contribution is -2.13. The lowest BCUT2D eigenvalue weighted by Gasteiger charge is -2.13. The molecule has 4 N–H and O–H groups in total. The van der Waals surface area contributed by atoms with Gasteiger partial charge in [-0.25, -0.2) is 0 Å². The molecule has 0 bridgehead atoms. The van der Waals surface area contributed by atoms with Gasteiger partial charge in [-0.05, 0) is 82.6 Å². The summed E-state index contributed by atoms with van der Waals surface area (Å²) in [4.78, 5) is 33.1. The van der Waals surface area contributed by atoms with E-state index in [2.05, 4.69) is 31.3 Å². The number of anilines is 2. The Morgan fingerprint density at radius 2 is 1.08 bits per heavy atom. The van der Waals surface area contributed by atoms with Gasteiger partial charge in [0.05, 0.1) is 36.8 Å². The zero-order valence-electron chi connectivity index (χ0n) is 33.3. The summed E-state index contributed by atoms with van der Waals surface area (Å²) < 4.78 is 10.8. The fourth-order valence-corrected chi connectivity index (χ4v) is 7.43. The van der Waals surface area contributed by atoms with Crippen molar-refractivity contribution in [2.45, 2.75) is 6.61 Å². The topological polar surface area (TPSA) is 176 Å². The molecule has 1 aliphatic carbocycles. The average molecular weight is 821 g/mol. The van der Waals surface area contributed by atoms with Gasteiger partial charge in [0.2, 0.25) is 0 Å². The van der Waals surface area contributed by atoms with Gasteiger partial charge in [-0.3, -0.25) is 19.9 Å². The molecule has 0 saturated carbocycles. The number of hydrogen-bond donors (Lipinski definition) is 4. The van der Waals surface area contributed by atoms with Gasteiger partial charge in [0.15, 0.2) is 11.5 Å². The number of nitrogens with zero attached hydrogens (tertiary/aromatic N) is 4. The number of hydrogen-bond acceptors (Lipinski definition) is 12. The number of rotatable bonds is 12. The van der Waals surface area contributed by atoms with Crippen LogP contribution in [0.2, 0.25) is 0 Å². The van der Waals surface area contributed by atoms with Gasteiger partial charge >= 0.3 is 0 Å². The molecule has 0 aliphatic heterocycles. The predicted octanol–water partition coefficient (Wildman–Crippen LogP) is 12.3. The number of aromatic hydroxyl groups is 2. The second kappa shape index (κ2) is 16.7. The predicted molar refractivity (Wildman–Crippen MR) is 237 cm³/mol. The van der Waals surface area contributed by atoms with Gasteiger partial charge in [0.1, 0.15) is 40.9 Å². The van der Waals surface area contributed by atoms with Gasteiger partial charge in [0, 0.05) is 27.5 Å². The Kier molecular flexibility index (Phi) is 10.5. The number of amides is 1. The van der Waals surface area contributed by atoms with Crippen molar-refractivity contribution < 1.29 is 34.1 Å². The zero-order chi connectivity index (χ0) is 42.7. The second-order valence-electron chi connectivity index (χ2n) is 14.2. The molecule has 9 rings (SSSR count). The van der Waals surface area contributed by atoms with Crippen LogP contribution < -0.4 is 20.3 Å². The van der Waals surface area contributed by atoms with E-state index in [0.717, 1.165) is 10.9 Å². The number of phenols is 2. The maximum Gasteiger partial charge on any atom is 0.259 e. The van der Waals surface area contributed by atoms with Gasteiger partial charge < -0.3 is 25.0 Å². The average Bonchev–Trinajstić information content (AvgIpc) is 3.58. The number of methoxy groups -OCH3 is 2. The third-order valence-corrected chi connectivity index (χ3v) is 10.5. The van der Waals surface area contributed by atoms with Crippen LogP contribution in [-0.4, -0.2) is 36.1 Å². The number of fused-ring (bicyclic) bond motifs is 5. The van der Waals surface area contributed by atoms with E-state index < -0.39 is 5.91 Å². The molecule has 0 fully saturated rings. The summed E-state index contributed by atoms with van der Waals surface area (Å²) in [6.07, 6.45) is 0. The molecule has 0 radical (unpaired) electrons. The fourth-order valence-electron chi connectivity index (χ4n) is 7.43. The first-order valence-corrected chi connectivity index (χ1v) is 19.4. The Morgan fingerprint density at radius 1 is 0.565 bits per heavy atom. The molecule has 1 amide bonds. The molecule has 1 aliphatic rings. The number of ether oxygens (including phenoxy) is 2. The largest absolute Gasteiger partial charge is 0.505 e. The fraction of sp³-hybridized carbons (Fsp3) is 0.0612. The molecule has 13 nitrogen and oxygen atoms in total. The molecule has 13 heteroatoms. The maximum absolute atomic E-state index is 13.9. The molecule has 8 aromatic carbocycles. The number of para-hydroxylation sites is 4. The molecule has 0 unspecified atom stereocenters. The summed E-state index contributed by atoms with van der Waals surface area (Å²) in [5.41, 5.74) is 7.85. The summed E-state index contributed by atoms with van der Waals surface area (Å²) in [6, 6.07) is 42.8. The first-order chi connectivity index (χ1) is 30.3. The Bertz CT molecular complexity index is 3150. The van der Waals surface area contributed by atoms with Crippen molar-refractivity contribution >= 4 is 67.4 Å². The molecule has 0 saturated heterocycles. The van der Waals surface area contributed by atoms with Crippen LogP contribution in [0, 0.1) is 0 Å². The van der Waals surface area contributed by atoms with E-state index in [1.807, 2.05) is 66.7 Å². The third kappa shape index (κ3) is 7.40. The van der Waals surface area contributed by atoms with E-state index >= 15 is 0 Å². The number of carbonyl (C=O) groups excluding carboxylic acids is 2. The van der Waals surface area contributed by atoms with E-state index in [9.17, 15) is 19.8 Å². The lowest BCUT2D eigenvalue weighted by atomic mass is 10.0. The van der Waals surface area contributed by atoms with Crippen LogP contribution >= 0.6 is 0 Å². The molecule has 0 spiro atoms. The quantitative estimate of drug-likeness (QED) is 0.0695. The lowest BCUT2D eigenvalue weighted by molar-refractivity contribution is 0.102. The van der Waals surface area contributed by atoms with Gasteiger partial charge in [0.25, 0.3) is 5.91 Å². The standard InChI is InChI=1S/C49H36N6O7/c1-60-42-17-9-7-15-40(42)50-49(59)39-24-29-12-4-6-14-34(29)45(48(39)58)54-52-32-20-22-36-35-21-19-31(25-37(35)47(57)38(36)26-32)51-53-44-33-13-5-3-11-28(33)23-30(46(44)56)27-62-55-41-16-8-10-18-43(41)61-2/h3-26,55-56,58H,27H2,1-2H3,(H,50,59). The van der Waals surface area contributed by atoms with E-state index in [4.69, 9.17) is 14.3 Å². The van der Waals surface area contributed by atoms with Crippen molar-refractivity contribution in [2.75, 3.05) is 25.0 Å². The molecule has 0 heterocycles. The highest BCUT2D eigenvalue weighted by molar-refractivity contribution is 6.22. The first kappa shape index (κ1) is 39.1. The summed E-state index contributed by atoms with van der Waals surface area (Å²) in [5.74, 6) is -0.169. The van der Waals surface area contributed by atoms with Crippen molar-refractivity contribution in [1.82, 2.24) is 0 Å². The van der Waals surface area contributed by atoms with Gasteiger partial charge in [-0.15, -0.1) is 10.2 Å². The van der Waals surface area contributed by atoms with Crippen molar-refractivity contribution in [3.63, 3.8) is 0 Å². The van der Waals surface area contributed by atoms with Crippen LogP contribution in [0.4, 0.5) is 34.1 Å². The molecule has 62 heavy (non-hydrogen) atoms. The van der Waals surface area contributed by atoms with Crippen molar-refractivity contribution in [3.05, 3.63) is 168 Å². The van der Waals surface area contributed by atoms with E-state index in [1.165, 1.54) is 7.11 Å². The molecule has 0 atom stereocenters. The van der Waals surface area contributed by atoms with Crippen LogP contribution in [0.5, 0.6) is 23.0 Å². The van der Waals surface area contributed by atoms with Gasteiger partial charge in [-0.2, -0.15) is 10.2 Å². The number of ketones is 1. The summed E-state index contributed by atoms with van der Waals surface area (Å²) in [7, 11) is 3.07. The Labute approximate surface area is 354 Å². The smallest absolute Gasteiger partial charge is 0.259 e. The highest BCUT2D eigenvalue weighted by Gasteiger charge is 2.28. The Morgan fingerprint density at radius 3 is 1.69 bits per heavy atom. The van der Waals surface area contributed by atoms with Crippen LogP contribution in [0.1, 0.15) is 31.8 Å². The second-order valence-corrected chi connectivity index (χ2v) is 14.2. The Hall–Kier alpha value is -8.42. The SMILES string of the molecule is COc1ccccc1NOCc1cc2ccccc2c(N=Nc2ccc3c(c2)C(=O)c2cc(N=Nc4c(O)c(C(=O)Nc5ccccc5OC)cc5ccccc45)ccc2-3)c1O. The highest BCUT2D eigenvalue weighted by Crippen LogP contribution is 2.44. The monoisotopic (exact) mass is 820 g/mol. The minimum atomic E-state index is -0.559. The first-order valence-electron chi connectivity index (χ1n) is 19.4. The zero-order valence-corrected chi connectivity index (χ0v) is 33.3. The van der Waals surface area contributed by atoms with E-state index in [1.54, 1.807) is 86.0 Å². The van der Waals surface area contributed by atoms with Crippen LogP contribution in [0.15, 0.2) is 166 Å². The number of phenolic OH excluding ortho intramolecular Hbond substituents is 2. The number of azo groups is 2. The van der Waals surface area contributed by atoms with E-state index in [-0.39, 0.29) is 40.8 Å². The molecular formula is C49H36N6O7. The van der Waals surface area contributed by atoms with Crippen LogP contribution in [0.25, 0.3) is 32.7 Å². The third-order valence-electron chi connectivity index (χ3n) is 10.5. The summed E-state index contributed by atoms with van der Waals surface area (Å²) in [5, 5.41) is 46.2. The molecule has 8 aromatic rings. The highest BCUT2D eigenvalue weighted by atomic mass is 16.6. The number of benzene rings is 8. The Balaban J connectivity index is 0.966. The summed E-state index contributed by atoms with van der Waals surface area (Å²) in [6.45, 7) is 0.0104. The van der Waals surface area contributed by atoms with Crippen molar-refractivity contribution in [3.8, 4) is 34.1 Å². The molecule has 0 aromatic heterocycles. The number of nitrogens with one attached hydrogen (secondary N) is 2. The minimum absolute atomic E-state index is 0.00118.